The van der Waals surface area contributed by atoms with Crippen LogP contribution in [-0.4, -0.2) is 65.4 Å². The van der Waals surface area contributed by atoms with Crippen LogP contribution in [0.1, 0.15) is 27.2 Å². The van der Waals surface area contributed by atoms with E-state index in [1.807, 2.05) is 0 Å². The lowest BCUT2D eigenvalue weighted by Gasteiger charge is -2.19. The van der Waals surface area contributed by atoms with Crippen molar-refractivity contribution in [1.82, 2.24) is 15.5 Å². The number of urea groups is 1. The van der Waals surface area contributed by atoms with Crippen molar-refractivity contribution in [2.45, 2.75) is 39.3 Å². The maximum atomic E-state index is 11.4. The summed E-state index contributed by atoms with van der Waals surface area (Å²) in [6, 6.07) is -1.87. The highest BCUT2D eigenvalue weighted by Gasteiger charge is 2.24. The smallest absolute Gasteiger partial charge is 0.328 e. The largest absolute Gasteiger partial charge is 0.480 e. The van der Waals surface area contributed by atoms with E-state index in [0.717, 1.165) is 26.1 Å². The first-order valence-corrected chi connectivity index (χ1v) is 6.59. The van der Waals surface area contributed by atoms with Gasteiger partial charge in [-0.1, -0.05) is 13.8 Å². The zero-order valence-corrected chi connectivity index (χ0v) is 11.8. The van der Waals surface area contributed by atoms with Crippen molar-refractivity contribution in [1.29, 1.82) is 0 Å². The van der Waals surface area contributed by atoms with Crippen molar-refractivity contribution < 1.29 is 19.8 Å². The molecule has 0 saturated heterocycles. The zero-order valence-electron chi connectivity index (χ0n) is 11.8. The summed E-state index contributed by atoms with van der Waals surface area (Å²) in [6.07, 6.45) is -0.347. The number of hydrogen-bond donors (Lipinski definition) is 4. The third kappa shape index (κ3) is 7.63. The molecule has 7 heteroatoms. The monoisotopic (exact) mass is 275 g/mol. The van der Waals surface area contributed by atoms with Crippen LogP contribution in [0.3, 0.4) is 0 Å². The quantitative estimate of drug-likeness (QED) is 0.438. The van der Waals surface area contributed by atoms with Crippen LogP contribution in [0.4, 0.5) is 4.79 Å². The average molecular weight is 275 g/mol. The van der Waals surface area contributed by atoms with Crippen molar-refractivity contribution in [2.24, 2.45) is 0 Å². The number of carbonyl (C=O) groups excluding carboxylic acids is 1. The number of hydrogen-bond acceptors (Lipinski definition) is 4. The summed E-state index contributed by atoms with van der Waals surface area (Å²) in [6.45, 7) is 8.74. The van der Waals surface area contributed by atoms with Gasteiger partial charge in [-0.05, 0) is 33.0 Å². The number of aliphatic carboxylic acids is 1. The third-order valence-corrected chi connectivity index (χ3v) is 2.87. The molecule has 0 aliphatic carbocycles. The highest BCUT2D eigenvalue weighted by Crippen LogP contribution is 1.93. The Labute approximate surface area is 114 Å². The highest BCUT2D eigenvalue weighted by molar-refractivity contribution is 5.82. The number of carboxylic acid groups (broad SMARTS) is 1. The summed E-state index contributed by atoms with van der Waals surface area (Å²) in [4.78, 5) is 24.4. The van der Waals surface area contributed by atoms with E-state index in [2.05, 4.69) is 29.4 Å². The van der Waals surface area contributed by atoms with Crippen molar-refractivity contribution in [2.75, 3.05) is 26.2 Å². The van der Waals surface area contributed by atoms with Crippen LogP contribution in [0.15, 0.2) is 0 Å². The first-order chi connectivity index (χ1) is 8.92. The molecule has 7 nitrogen and oxygen atoms in total. The molecule has 0 bridgehead atoms. The second-order valence-corrected chi connectivity index (χ2v) is 4.34. The zero-order chi connectivity index (χ0) is 14.8. The maximum Gasteiger partial charge on any atom is 0.328 e. The van der Waals surface area contributed by atoms with E-state index in [1.165, 1.54) is 6.92 Å². The van der Waals surface area contributed by atoms with Gasteiger partial charge in [-0.2, -0.15) is 0 Å². The van der Waals surface area contributed by atoms with Gasteiger partial charge in [-0.15, -0.1) is 0 Å². The number of carboxylic acids is 1. The Hall–Kier alpha value is -1.34. The van der Waals surface area contributed by atoms with Crippen LogP contribution < -0.4 is 10.6 Å². The molecule has 0 fully saturated rings. The lowest BCUT2D eigenvalue weighted by atomic mass is 10.2. The molecule has 0 heterocycles. The van der Waals surface area contributed by atoms with Gasteiger partial charge in [0.15, 0.2) is 6.04 Å². The van der Waals surface area contributed by atoms with Crippen LogP contribution in [0.5, 0.6) is 0 Å². The molecule has 19 heavy (non-hydrogen) atoms. The predicted octanol–water partition coefficient (Wildman–Crippen LogP) is -0.148. The lowest BCUT2D eigenvalue weighted by Crippen LogP contribution is -2.51. The molecule has 112 valence electrons. The first-order valence-electron chi connectivity index (χ1n) is 6.59. The van der Waals surface area contributed by atoms with E-state index in [1.54, 1.807) is 0 Å². The summed E-state index contributed by atoms with van der Waals surface area (Å²) in [5, 5.41) is 22.8. The van der Waals surface area contributed by atoms with E-state index in [4.69, 9.17) is 5.11 Å². The van der Waals surface area contributed by atoms with Crippen molar-refractivity contribution in [3.8, 4) is 0 Å². The van der Waals surface area contributed by atoms with Gasteiger partial charge >= 0.3 is 12.0 Å². The fraction of sp³-hybridized carbons (Fsp3) is 0.833. The minimum atomic E-state index is -1.29. The van der Waals surface area contributed by atoms with Crippen molar-refractivity contribution >= 4 is 12.0 Å². The summed E-state index contributed by atoms with van der Waals surface area (Å²) in [5.41, 5.74) is 0. The molecule has 0 spiro atoms. The van der Waals surface area contributed by atoms with E-state index in [9.17, 15) is 14.7 Å². The predicted molar refractivity (Wildman–Crippen MR) is 72.0 cm³/mol. The second-order valence-electron chi connectivity index (χ2n) is 4.34. The van der Waals surface area contributed by atoms with Gasteiger partial charge in [0.2, 0.25) is 0 Å². The Morgan fingerprint density at radius 2 is 1.84 bits per heavy atom. The van der Waals surface area contributed by atoms with E-state index >= 15 is 0 Å². The van der Waals surface area contributed by atoms with Gasteiger partial charge < -0.3 is 25.7 Å². The average Bonchev–Trinajstić information content (AvgIpc) is 2.35. The molecule has 4 N–H and O–H groups in total. The molecule has 0 rings (SSSR count). The summed E-state index contributed by atoms with van der Waals surface area (Å²) >= 11 is 0. The molecule has 0 aromatic rings. The molecule has 2 atom stereocenters. The number of amides is 2. The molecule has 0 aromatic heterocycles. The highest BCUT2D eigenvalue weighted by atomic mass is 16.4. The number of carbonyl (C=O) groups is 2. The minimum absolute atomic E-state index is 0.467. The fourth-order valence-corrected chi connectivity index (χ4v) is 1.63. The van der Waals surface area contributed by atoms with Gasteiger partial charge in [0.25, 0.3) is 0 Å². The molecule has 0 aliphatic heterocycles. The molecular weight excluding hydrogens is 250 g/mol. The number of nitrogens with one attached hydrogen (secondary N) is 2. The van der Waals surface area contributed by atoms with E-state index in [0.29, 0.717) is 6.54 Å². The molecule has 0 aliphatic rings. The molecule has 0 aromatic carbocycles. The number of nitrogens with zero attached hydrogens (tertiary/aromatic N) is 1. The minimum Gasteiger partial charge on any atom is -0.480 e. The second kappa shape index (κ2) is 9.57. The molecule has 0 saturated carbocycles. The fourth-order valence-electron chi connectivity index (χ4n) is 1.63. The van der Waals surface area contributed by atoms with Gasteiger partial charge in [0.1, 0.15) is 0 Å². The lowest BCUT2D eigenvalue weighted by molar-refractivity contribution is -0.141. The number of aliphatic hydroxyl groups excluding tert-OH is 1. The SMILES string of the molecule is CCN(CC)CCCNC(=O)NC(C(=O)O)C(C)O. The number of aliphatic hydroxyl groups is 1. The van der Waals surface area contributed by atoms with Crippen LogP contribution >= 0.6 is 0 Å². The normalized spacial score (nSPS) is 13.9. The molecule has 0 radical (unpaired) electrons. The Balaban J connectivity index is 3.89. The molecule has 2 amide bonds. The van der Waals surface area contributed by atoms with Gasteiger partial charge in [0, 0.05) is 6.54 Å². The number of rotatable bonds is 9. The molecule has 2 unspecified atom stereocenters. The van der Waals surface area contributed by atoms with Crippen LogP contribution in [0.25, 0.3) is 0 Å². The summed E-state index contributed by atoms with van der Waals surface area (Å²) in [7, 11) is 0. The topological polar surface area (TPSA) is 102 Å². The Kier molecular flexibility index (Phi) is 8.90. The van der Waals surface area contributed by atoms with Crippen molar-refractivity contribution in [3.63, 3.8) is 0 Å². The van der Waals surface area contributed by atoms with Gasteiger partial charge in [-0.3, -0.25) is 0 Å². The van der Waals surface area contributed by atoms with Gasteiger partial charge in [-0.25, -0.2) is 9.59 Å². The van der Waals surface area contributed by atoms with E-state index < -0.39 is 24.1 Å². The van der Waals surface area contributed by atoms with Crippen LogP contribution in [0.2, 0.25) is 0 Å². The third-order valence-electron chi connectivity index (χ3n) is 2.87. The standard InChI is InChI=1S/C12H25N3O4/c1-4-15(5-2)8-6-7-13-12(19)14-10(9(3)16)11(17)18/h9-10,16H,4-8H2,1-3H3,(H,17,18)(H2,13,14,19). The van der Waals surface area contributed by atoms with Crippen LogP contribution in [0, 0.1) is 0 Å². The molecular formula is C12H25N3O4. The Bertz CT molecular complexity index is 280. The first kappa shape index (κ1) is 17.7. The maximum absolute atomic E-state index is 11.4. The summed E-state index contributed by atoms with van der Waals surface area (Å²) in [5.74, 6) is -1.26. The Morgan fingerprint density at radius 1 is 1.26 bits per heavy atom. The van der Waals surface area contributed by atoms with E-state index in [-0.39, 0.29) is 0 Å². The van der Waals surface area contributed by atoms with Crippen LogP contribution in [-0.2, 0) is 4.79 Å². The van der Waals surface area contributed by atoms with Crippen molar-refractivity contribution in [3.05, 3.63) is 0 Å². The van der Waals surface area contributed by atoms with Gasteiger partial charge in [0.05, 0.1) is 6.10 Å². The summed E-state index contributed by atoms with van der Waals surface area (Å²) < 4.78 is 0. The Morgan fingerprint density at radius 3 is 2.26 bits per heavy atom.